The van der Waals surface area contributed by atoms with Gasteiger partial charge in [-0.3, -0.25) is 0 Å². The van der Waals surface area contributed by atoms with Crippen molar-refractivity contribution in [3.8, 4) is 17.1 Å². The molecule has 1 saturated heterocycles. The molecule has 4 rings (SSSR count). The predicted octanol–water partition coefficient (Wildman–Crippen LogP) is 1.64. The van der Waals surface area contributed by atoms with Gasteiger partial charge in [0.2, 0.25) is 0 Å². The van der Waals surface area contributed by atoms with Crippen molar-refractivity contribution in [3.63, 3.8) is 0 Å². The molecule has 1 aliphatic heterocycles. The van der Waals surface area contributed by atoms with Crippen molar-refractivity contribution in [1.82, 2.24) is 19.6 Å². The van der Waals surface area contributed by atoms with E-state index in [1.807, 2.05) is 24.3 Å². The summed E-state index contributed by atoms with van der Waals surface area (Å²) < 4.78 is 12.5. The summed E-state index contributed by atoms with van der Waals surface area (Å²) in [6.45, 7) is 3.04. The molecule has 3 aromatic rings. The molecule has 0 saturated carbocycles. The lowest BCUT2D eigenvalue weighted by Crippen LogP contribution is -2.37. The van der Waals surface area contributed by atoms with Gasteiger partial charge in [-0.15, -0.1) is 5.10 Å². The Morgan fingerprint density at radius 3 is 2.91 bits per heavy atom. The Kier molecular flexibility index (Phi) is 3.55. The Balaban J connectivity index is 1.83. The smallest absolute Gasteiger partial charge is 0.182 e. The zero-order chi connectivity index (χ0) is 15.6. The first-order valence-corrected chi connectivity index (χ1v) is 7.52. The second-order valence-electron chi connectivity index (χ2n) is 5.31. The first-order chi connectivity index (χ1) is 11.3. The second kappa shape index (κ2) is 5.85. The lowest BCUT2D eigenvalue weighted by Gasteiger charge is -2.28. The van der Waals surface area contributed by atoms with Gasteiger partial charge in [-0.2, -0.15) is 0 Å². The summed E-state index contributed by atoms with van der Waals surface area (Å²) in [4.78, 5) is 11.2. The van der Waals surface area contributed by atoms with E-state index in [2.05, 4.69) is 15.0 Å². The zero-order valence-corrected chi connectivity index (χ0v) is 12.8. The molecule has 23 heavy (non-hydrogen) atoms. The molecule has 1 fully saturated rings. The topological polar surface area (TPSA) is 64.8 Å². The SMILES string of the molecule is COc1cccc(-c2nc(N3CCOCC3)c3cncn3n2)c1. The minimum absolute atomic E-state index is 0.649. The van der Waals surface area contributed by atoms with Crippen LogP contribution >= 0.6 is 0 Å². The molecule has 0 radical (unpaired) electrons. The van der Waals surface area contributed by atoms with Gasteiger partial charge in [-0.25, -0.2) is 14.5 Å². The van der Waals surface area contributed by atoms with E-state index in [1.165, 1.54) is 0 Å². The van der Waals surface area contributed by atoms with E-state index in [-0.39, 0.29) is 0 Å². The molecule has 118 valence electrons. The molecule has 0 spiro atoms. The molecule has 1 aliphatic rings. The van der Waals surface area contributed by atoms with E-state index in [0.29, 0.717) is 19.0 Å². The van der Waals surface area contributed by atoms with Crippen LogP contribution in [0.15, 0.2) is 36.8 Å². The summed E-state index contributed by atoms with van der Waals surface area (Å²) in [5.74, 6) is 2.32. The Hall–Kier alpha value is -2.67. The van der Waals surface area contributed by atoms with E-state index in [0.717, 1.165) is 35.7 Å². The van der Waals surface area contributed by atoms with Gasteiger partial charge in [0.25, 0.3) is 0 Å². The number of benzene rings is 1. The normalized spacial score (nSPS) is 15.1. The van der Waals surface area contributed by atoms with Gasteiger partial charge in [0, 0.05) is 18.7 Å². The third-order valence-electron chi connectivity index (χ3n) is 3.90. The Morgan fingerprint density at radius 1 is 1.22 bits per heavy atom. The molecule has 3 heterocycles. The fourth-order valence-corrected chi connectivity index (χ4v) is 2.70. The van der Waals surface area contributed by atoms with Crippen LogP contribution in [0.25, 0.3) is 16.9 Å². The number of rotatable bonds is 3. The van der Waals surface area contributed by atoms with Crippen molar-refractivity contribution < 1.29 is 9.47 Å². The molecule has 7 heteroatoms. The average molecular weight is 311 g/mol. The number of imidazole rings is 1. The zero-order valence-electron chi connectivity index (χ0n) is 12.8. The maximum Gasteiger partial charge on any atom is 0.182 e. The van der Waals surface area contributed by atoms with Crippen LogP contribution in [0.4, 0.5) is 5.82 Å². The highest BCUT2D eigenvalue weighted by atomic mass is 16.5. The molecule has 0 amide bonds. The van der Waals surface area contributed by atoms with Crippen LogP contribution in [-0.4, -0.2) is 53.0 Å². The van der Waals surface area contributed by atoms with Crippen molar-refractivity contribution in [2.75, 3.05) is 38.3 Å². The standard InChI is InChI=1S/C16H17N5O2/c1-22-13-4-2-3-12(9-13)15-18-16(20-5-7-23-8-6-20)14-10-17-11-21(14)19-15/h2-4,9-11H,5-8H2,1H3. The average Bonchev–Trinajstić information content (AvgIpc) is 3.10. The van der Waals surface area contributed by atoms with Crippen LogP contribution in [-0.2, 0) is 4.74 Å². The van der Waals surface area contributed by atoms with E-state index < -0.39 is 0 Å². The molecular weight excluding hydrogens is 294 g/mol. The van der Waals surface area contributed by atoms with Gasteiger partial charge in [-0.05, 0) is 12.1 Å². The van der Waals surface area contributed by atoms with Crippen LogP contribution in [0.5, 0.6) is 5.75 Å². The Bertz CT molecular complexity index is 826. The van der Waals surface area contributed by atoms with Gasteiger partial charge in [0.1, 0.15) is 17.6 Å². The van der Waals surface area contributed by atoms with E-state index in [9.17, 15) is 0 Å². The van der Waals surface area contributed by atoms with Gasteiger partial charge >= 0.3 is 0 Å². The van der Waals surface area contributed by atoms with Gasteiger partial charge in [-0.1, -0.05) is 12.1 Å². The Morgan fingerprint density at radius 2 is 2.09 bits per heavy atom. The maximum absolute atomic E-state index is 5.44. The van der Waals surface area contributed by atoms with E-state index >= 15 is 0 Å². The summed E-state index contributed by atoms with van der Waals surface area (Å²) >= 11 is 0. The van der Waals surface area contributed by atoms with E-state index in [1.54, 1.807) is 24.1 Å². The van der Waals surface area contributed by atoms with Crippen LogP contribution in [0.1, 0.15) is 0 Å². The lowest BCUT2D eigenvalue weighted by atomic mass is 10.2. The number of morpholine rings is 1. The summed E-state index contributed by atoms with van der Waals surface area (Å²) in [5.41, 5.74) is 1.81. The van der Waals surface area contributed by atoms with Crippen LogP contribution in [0, 0.1) is 0 Å². The first kappa shape index (κ1) is 14.0. The monoisotopic (exact) mass is 311 g/mol. The number of nitrogens with zero attached hydrogens (tertiary/aromatic N) is 5. The second-order valence-corrected chi connectivity index (χ2v) is 5.31. The van der Waals surface area contributed by atoms with Crippen molar-refractivity contribution in [3.05, 3.63) is 36.8 Å². The molecule has 0 unspecified atom stereocenters. The predicted molar refractivity (Wildman–Crippen MR) is 85.8 cm³/mol. The third kappa shape index (κ3) is 2.59. The molecule has 0 atom stereocenters. The summed E-state index contributed by atoms with van der Waals surface area (Å²) in [5, 5.41) is 4.57. The molecule has 0 bridgehead atoms. The maximum atomic E-state index is 5.44. The largest absolute Gasteiger partial charge is 0.497 e. The van der Waals surface area contributed by atoms with Crippen LogP contribution < -0.4 is 9.64 Å². The number of aromatic nitrogens is 4. The molecule has 0 aliphatic carbocycles. The molecule has 2 aromatic heterocycles. The van der Waals surface area contributed by atoms with Gasteiger partial charge in [0.15, 0.2) is 11.6 Å². The number of hydrogen-bond donors (Lipinski definition) is 0. The highest BCUT2D eigenvalue weighted by Gasteiger charge is 2.18. The highest BCUT2D eigenvalue weighted by Crippen LogP contribution is 2.25. The number of fused-ring (bicyclic) bond motifs is 1. The molecular formula is C16H17N5O2. The number of anilines is 1. The third-order valence-corrected chi connectivity index (χ3v) is 3.90. The van der Waals surface area contributed by atoms with Gasteiger partial charge in [0.05, 0.1) is 26.5 Å². The minimum atomic E-state index is 0.649. The van der Waals surface area contributed by atoms with E-state index in [4.69, 9.17) is 14.5 Å². The fourth-order valence-electron chi connectivity index (χ4n) is 2.70. The Labute approximate surface area is 133 Å². The van der Waals surface area contributed by atoms with Crippen LogP contribution in [0.2, 0.25) is 0 Å². The molecule has 1 aromatic carbocycles. The summed E-state index contributed by atoms with van der Waals surface area (Å²) in [6, 6.07) is 7.75. The summed E-state index contributed by atoms with van der Waals surface area (Å²) in [7, 11) is 1.65. The highest BCUT2D eigenvalue weighted by molar-refractivity contribution is 5.71. The van der Waals surface area contributed by atoms with Gasteiger partial charge < -0.3 is 14.4 Å². The number of hydrogen-bond acceptors (Lipinski definition) is 6. The lowest BCUT2D eigenvalue weighted by molar-refractivity contribution is 0.122. The first-order valence-electron chi connectivity index (χ1n) is 7.52. The molecule has 0 N–H and O–H groups in total. The quantitative estimate of drug-likeness (QED) is 0.732. The van der Waals surface area contributed by atoms with Crippen molar-refractivity contribution >= 4 is 11.3 Å². The fraction of sp³-hybridized carbons (Fsp3) is 0.312. The van der Waals surface area contributed by atoms with Crippen molar-refractivity contribution in [2.24, 2.45) is 0 Å². The summed E-state index contributed by atoms with van der Waals surface area (Å²) in [6.07, 6.45) is 3.49. The van der Waals surface area contributed by atoms with Crippen molar-refractivity contribution in [1.29, 1.82) is 0 Å². The van der Waals surface area contributed by atoms with Crippen LogP contribution in [0.3, 0.4) is 0 Å². The number of ether oxygens (including phenoxy) is 2. The van der Waals surface area contributed by atoms with Crippen molar-refractivity contribution in [2.45, 2.75) is 0 Å². The minimum Gasteiger partial charge on any atom is -0.497 e. The molecule has 7 nitrogen and oxygen atoms in total. The number of methoxy groups -OCH3 is 1.